The molecule has 2 aromatic heterocycles. The Bertz CT molecular complexity index is 713. The number of piperazine rings is 1. The van der Waals surface area contributed by atoms with E-state index in [1.54, 1.807) is 0 Å². The number of likely N-dealkylation sites (N-methyl/N-ethyl adjacent to an activating group) is 1. The maximum absolute atomic E-state index is 5.76. The van der Waals surface area contributed by atoms with Crippen molar-refractivity contribution in [1.82, 2.24) is 24.3 Å². The molecule has 4 heterocycles. The molecule has 1 atom stereocenters. The zero-order valence-electron chi connectivity index (χ0n) is 15.6. The lowest BCUT2D eigenvalue weighted by Crippen LogP contribution is -2.44. The Morgan fingerprint density at radius 1 is 1.08 bits per heavy atom. The molecule has 0 spiro atoms. The van der Waals surface area contributed by atoms with Crippen molar-refractivity contribution in [1.29, 1.82) is 0 Å². The van der Waals surface area contributed by atoms with Crippen LogP contribution in [0.4, 0.5) is 0 Å². The van der Waals surface area contributed by atoms with Gasteiger partial charge in [-0.05, 0) is 33.0 Å². The van der Waals surface area contributed by atoms with Gasteiger partial charge >= 0.3 is 0 Å². The van der Waals surface area contributed by atoms with Crippen molar-refractivity contribution >= 4 is 0 Å². The predicted molar refractivity (Wildman–Crippen MR) is 97.3 cm³/mol. The molecule has 0 saturated carbocycles. The molecule has 6 heteroatoms. The SMILES string of the molecule is Cc1ccc(CN2CCn3c(CN4CCN(C)CC4)cnc3C2C)o1. The topological polar surface area (TPSA) is 40.7 Å². The second-order valence-electron chi connectivity index (χ2n) is 7.50. The van der Waals surface area contributed by atoms with Gasteiger partial charge in [0.15, 0.2) is 0 Å². The lowest BCUT2D eigenvalue weighted by Gasteiger charge is -2.35. The number of nitrogens with zero attached hydrogens (tertiary/aromatic N) is 5. The third-order valence-corrected chi connectivity index (χ3v) is 5.64. The Labute approximate surface area is 150 Å². The van der Waals surface area contributed by atoms with Crippen LogP contribution >= 0.6 is 0 Å². The summed E-state index contributed by atoms with van der Waals surface area (Å²) in [6, 6.07) is 4.45. The van der Waals surface area contributed by atoms with Gasteiger partial charge in [-0.3, -0.25) is 9.80 Å². The fourth-order valence-electron chi connectivity index (χ4n) is 3.95. The summed E-state index contributed by atoms with van der Waals surface area (Å²) in [7, 11) is 2.20. The highest BCUT2D eigenvalue weighted by Gasteiger charge is 2.28. The summed E-state index contributed by atoms with van der Waals surface area (Å²) in [5, 5.41) is 0. The van der Waals surface area contributed by atoms with Crippen LogP contribution in [0.5, 0.6) is 0 Å². The fraction of sp³-hybridized carbons (Fsp3) is 0.632. The van der Waals surface area contributed by atoms with Gasteiger partial charge in [0, 0.05) is 52.0 Å². The smallest absolute Gasteiger partial charge is 0.126 e. The molecular weight excluding hydrogens is 314 g/mol. The van der Waals surface area contributed by atoms with Gasteiger partial charge in [0.25, 0.3) is 0 Å². The van der Waals surface area contributed by atoms with Crippen molar-refractivity contribution in [2.45, 2.75) is 39.5 Å². The normalized spacial score (nSPS) is 23.1. The molecule has 4 rings (SSSR count). The van der Waals surface area contributed by atoms with Gasteiger partial charge in [-0.25, -0.2) is 4.98 Å². The van der Waals surface area contributed by atoms with Crippen LogP contribution in [-0.2, 0) is 19.6 Å². The Balaban J connectivity index is 1.43. The van der Waals surface area contributed by atoms with Crippen molar-refractivity contribution in [3.8, 4) is 0 Å². The third kappa shape index (κ3) is 3.52. The Hall–Kier alpha value is -1.63. The summed E-state index contributed by atoms with van der Waals surface area (Å²) >= 11 is 0. The van der Waals surface area contributed by atoms with Crippen molar-refractivity contribution in [3.05, 3.63) is 41.4 Å². The average molecular weight is 343 g/mol. The number of furan rings is 1. The largest absolute Gasteiger partial charge is 0.465 e. The summed E-state index contributed by atoms with van der Waals surface area (Å²) in [6.45, 7) is 12.8. The van der Waals surface area contributed by atoms with E-state index in [1.165, 1.54) is 11.5 Å². The number of imidazole rings is 1. The summed E-state index contributed by atoms with van der Waals surface area (Å²) in [5.74, 6) is 3.22. The first-order chi connectivity index (χ1) is 12.1. The molecule has 136 valence electrons. The maximum atomic E-state index is 5.76. The minimum Gasteiger partial charge on any atom is -0.465 e. The van der Waals surface area contributed by atoms with E-state index in [-0.39, 0.29) is 0 Å². The van der Waals surface area contributed by atoms with Gasteiger partial charge in [0.1, 0.15) is 17.3 Å². The monoisotopic (exact) mass is 343 g/mol. The fourth-order valence-corrected chi connectivity index (χ4v) is 3.95. The van der Waals surface area contributed by atoms with Gasteiger partial charge in [-0.15, -0.1) is 0 Å². The molecule has 2 aromatic rings. The van der Waals surface area contributed by atoms with Crippen LogP contribution in [0.2, 0.25) is 0 Å². The van der Waals surface area contributed by atoms with Gasteiger partial charge in [0.2, 0.25) is 0 Å². The van der Waals surface area contributed by atoms with Crippen LogP contribution in [0.25, 0.3) is 0 Å². The van der Waals surface area contributed by atoms with Gasteiger partial charge in [-0.2, -0.15) is 0 Å². The number of aryl methyl sites for hydroxylation is 1. The van der Waals surface area contributed by atoms with E-state index in [4.69, 9.17) is 9.40 Å². The minimum absolute atomic E-state index is 0.320. The molecule has 0 aliphatic carbocycles. The van der Waals surface area contributed by atoms with Crippen LogP contribution in [0.3, 0.4) is 0 Å². The Kier molecular flexibility index (Phi) is 4.67. The lowest BCUT2D eigenvalue weighted by atomic mass is 10.2. The molecule has 2 aliphatic rings. The molecule has 6 nitrogen and oxygen atoms in total. The van der Waals surface area contributed by atoms with Gasteiger partial charge < -0.3 is 13.9 Å². The van der Waals surface area contributed by atoms with Crippen LogP contribution in [0.1, 0.15) is 36.0 Å². The van der Waals surface area contributed by atoms with E-state index in [2.05, 4.69) is 45.5 Å². The third-order valence-electron chi connectivity index (χ3n) is 5.64. The second kappa shape index (κ2) is 6.94. The standard InChI is InChI=1S/C19H29N5O/c1-15-4-5-18(25-15)14-23-10-11-24-17(12-20-19(24)16(23)2)13-22-8-6-21(3)7-9-22/h4-5,12,16H,6-11,13-14H2,1-3H3. The van der Waals surface area contributed by atoms with E-state index in [0.29, 0.717) is 6.04 Å². The number of rotatable bonds is 4. The van der Waals surface area contributed by atoms with Crippen LogP contribution in [0, 0.1) is 6.92 Å². The number of hydrogen-bond acceptors (Lipinski definition) is 5. The molecule has 2 aliphatic heterocycles. The van der Waals surface area contributed by atoms with Crippen LogP contribution in [0.15, 0.2) is 22.7 Å². The first-order valence-electron chi connectivity index (χ1n) is 9.34. The van der Waals surface area contributed by atoms with E-state index in [0.717, 1.165) is 63.9 Å². The highest BCUT2D eigenvalue weighted by Crippen LogP contribution is 2.27. The molecule has 1 saturated heterocycles. The minimum atomic E-state index is 0.320. The van der Waals surface area contributed by atoms with E-state index in [1.807, 2.05) is 13.0 Å². The summed E-state index contributed by atoms with van der Waals surface area (Å²) in [6.07, 6.45) is 2.09. The summed E-state index contributed by atoms with van der Waals surface area (Å²) < 4.78 is 8.19. The second-order valence-corrected chi connectivity index (χ2v) is 7.50. The first-order valence-corrected chi connectivity index (χ1v) is 9.34. The summed E-state index contributed by atoms with van der Waals surface area (Å²) in [4.78, 5) is 12.2. The highest BCUT2D eigenvalue weighted by atomic mass is 16.3. The highest BCUT2D eigenvalue weighted by molar-refractivity contribution is 5.12. The van der Waals surface area contributed by atoms with Crippen LogP contribution < -0.4 is 0 Å². The molecule has 1 unspecified atom stereocenters. The van der Waals surface area contributed by atoms with Crippen molar-refractivity contribution in [2.24, 2.45) is 0 Å². The molecule has 0 aromatic carbocycles. The van der Waals surface area contributed by atoms with Gasteiger partial charge in [-0.1, -0.05) is 0 Å². The van der Waals surface area contributed by atoms with E-state index < -0.39 is 0 Å². The predicted octanol–water partition coefficient (Wildman–Crippen LogP) is 2.11. The quantitative estimate of drug-likeness (QED) is 0.850. The first kappa shape index (κ1) is 16.8. The summed E-state index contributed by atoms with van der Waals surface area (Å²) in [5.41, 5.74) is 1.36. The molecule has 0 amide bonds. The Morgan fingerprint density at radius 2 is 1.88 bits per heavy atom. The van der Waals surface area contributed by atoms with Crippen molar-refractivity contribution in [2.75, 3.05) is 39.8 Å². The lowest BCUT2D eigenvalue weighted by molar-refractivity contribution is 0.132. The molecule has 0 radical (unpaired) electrons. The van der Waals surface area contributed by atoms with Crippen molar-refractivity contribution in [3.63, 3.8) is 0 Å². The molecular formula is C19H29N5O. The number of fused-ring (bicyclic) bond motifs is 1. The zero-order valence-corrected chi connectivity index (χ0v) is 15.6. The van der Waals surface area contributed by atoms with Crippen LogP contribution in [-0.4, -0.2) is 64.0 Å². The molecule has 1 fully saturated rings. The number of aromatic nitrogens is 2. The molecule has 25 heavy (non-hydrogen) atoms. The molecule has 0 bridgehead atoms. The number of hydrogen-bond donors (Lipinski definition) is 0. The van der Waals surface area contributed by atoms with E-state index >= 15 is 0 Å². The molecule has 0 N–H and O–H groups in total. The van der Waals surface area contributed by atoms with Gasteiger partial charge in [0.05, 0.1) is 18.3 Å². The van der Waals surface area contributed by atoms with Crippen molar-refractivity contribution < 1.29 is 4.42 Å². The maximum Gasteiger partial charge on any atom is 0.126 e. The average Bonchev–Trinajstić information content (AvgIpc) is 3.19. The van der Waals surface area contributed by atoms with E-state index in [9.17, 15) is 0 Å². The zero-order chi connectivity index (χ0) is 17.4. The Morgan fingerprint density at radius 3 is 2.60 bits per heavy atom.